The molecule has 3 nitrogen and oxygen atoms in total. The summed E-state index contributed by atoms with van der Waals surface area (Å²) in [6.07, 6.45) is 3.96. The molecule has 0 fully saturated rings. The van der Waals surface area contributed by atoms with E-state index in [1.807, 2.05) is 0 Å². The molecule has 0 heterocycles. The van der Waals surface area contributed by atoms with Crippen molar-refractivity contribution in [3.05, 3.63) is 0 Å². The highest BCUT2D eigenvalue weighted by Gasteiger charge is 2.04. The second-order valence-electron chi connectivity index (χ2n) is 4.54. The minimum Gasteiger partial charge on any atom is -0.393 e. The summed E-state index contributed by atoms with van der Waals surface area (Å²) in [4.78, 5) is 4.32. The van der Waals surface area contributed by atoms with Gasteiger partial charge in [0.15, 0.2) is 0 Å². The van der Waals surface area contributed by atoms with Gasteiger partial charge in [0.25, 0.3) is 0 Å². The van der Waals surface area contributed by atoms with Crippen LogP contribution in [0.5, 0.6) is 0 Å². The number of aliphatic hydroxyl groups excluding tert-OH is 1. The van der Waals surface area contributed by atoms with Crippen molar-refractivity contribution in [3.63, 3.8) is 0 Å². The Morgan fingerprint density at radius 2 is 1.21 bits per heavy atom. The van der Waals surface area contributed by atoms with Crippen molar-refractivity contribution in [2.75, 3.05) is 41.3 Å². The summed E-state index contributed by atoms with van der Waals surface area (Å²) in [6.45, 7) is 2.15. The number of hydrogen-bond acceptors (Lipinski definition) is 3. The third-order valence-corrected chi connectivity index (χ3v) is 2.29. The molecule has 0 bridgehead atoms. The summed E-state index contributed by atoms with van der Waals surface area (Å²) in [5.41, 5.74) is 0. The Hall–Kier alpha value is -0.120. The van der Waals surface area contributed by atoms with Crippen LogP contribution in [0.4, 0.5) is 0 Å². The first kappa shape index (κ1) is 13.9. The van der Waals surface area contributed by atoms with E-state index in [2.05, 4.69) is 38.0 Å². The summed E-state index contributed by atoms with van der Waals surface area (Å²) in [7, 11) is 8.27. The van der Waals surface area contributed by atoms with E-state index in [-0.39, 0.29) is 6.10 Å². The molecule has 0 aromatic heterocycles. The Bertz CT molecular complexity index is 112. The number of rotatable bonds is 8. The minimum absolute atomic E-state index is 0.102. The maximum atomic E-state index is 9.64. The average Bonchev–Trinajstić information content (AvgIpc) is 2.02. The van der Waals surface area contributed by atoms with Gasteiger partial charge in [-0.15, -0.1) is 0 Å². The van der Waals surface area contributed by atoms with Gasteiger partial charge in [-0.25, -0.2) is 0 Å². The number of aliphatic hydroxyl groups is 1. The van der Waals surface area contributed by atoms with Crippen LogP contribution < -0.4 is 0 Å². The van der Waals surface area contributed by atoms with Crippen molar-refractivity contribution in [1.82, 2.24) is 9.80 Å². The molecule has 3 heteroatoms. The van der Waals surface area contributed by atoms with Gasteiger partial charge in [-0.05, 0) is 67.0 Å². The normalized spacial score (nSPS) is 12.0. The summed E-state index contributed by atoms with van der Waals surface area (Å²) in [6, 6.07) is 0. The van der Waals surface area contributed by atoms with Crippen molar-refractivity contribution in [2.24, 2.45) is 0 Å². The monoisotopic (exact) mass is 202 g/mol. The number of nitrogens with zero attached hydrogens (tertiary/aromatic N) is 2. The lowest BCUT2D eigenvalue weighted by Crippen LogP contribution is -2.18. The first-order valence-electron chi connectivity index (χ1n) is 5.50. The molecule has 1 N–H and O–H groups in total. The maximum Gasteiger partial charge on any atom is 0.0541 e. The summed E-state index contributed by atoms with van der Waals surface area (Å²) < 4.78 is 0. The lowest BCUT2D eigenvalue weighted by Gasteiger charge is -2.14. The predicted octanol–water partition coefficient (Wildman–Crippen LogP) is 1.03. The highest BCUT2D eigenvalue weighted by atomic mass is 16.3. The molecule has 86 valence electrons. The molecule has 14 heavy (non-hydrogen) atoms. The van der Waals surface area contributed by atoms with Gasteiger partial charge in [0.1, 0.15) is 0 Å². The molecule has 0 radical (unpaired) electrons. The van der Waals surface area contributed by atoms with Crippen LogP contribution in [-0.2, 0) is 0 Å². The quantitative estimate of drug-likeness (QED) is 0.637. The van der Waals surface area contributed by atoms with Crippen molar-refractivity contribution < 1.29 is 5.11 Å². The molecule has 0 unspecified atom stereocenters. The van der Waals surface area contributed by atoms with E-state index in [0.717, 1.165) is 38.8 Å². The Morgan fingerprint density at radius 3 is 1.50 bits per heavy atom. The van der Waals surface area contributed by atoms with E-state index in [4.69, 9.17) is 0 Å². The molecule has 0 saturated carbocycles. The lowest BCUT2D eigenvalue weighted by atomic mass is 10.1. The lowest BCUT2D eigenvalue weighted by molar-refractivity contribution is 0.142. The molecule has 0 aliphatic heterocycles. The van der Waals surface area contributed by atoms with Crippen LogP contribution in [0.25, 0.3) is 0 Å². The molecular weight excluding hydrogens is 176 g/mol. The summed E-state index contributed by atoms with van der Waals surface area (Å²) in [5.74, 6) is 0. The topological polar surface area (TPSA) is 26.7 Å². The van der Waals surface area contributed by atoms with Gasteiger partial charge in [-0.1, -0.05) is 0 Å². The van der Waals surface area contributed by atoms with Crippen LogP contribution >= 0.6 is 0 Å². The molecule has 0 saturated heterocycles. The molecule has 0 rings (SSSR count). The minimum atomic E-state index is -0.102. The Kier molecular flexibility index (Phi) is 8.14. The maximum absolute atomic E-state index is 9.64. The Morgan fingerprint density at radius 1 is 0.857 bits per heavy atom. The average molecular weight is 202 g/mol. The highest BCUT2D eigenvalue weighted by Crippen LogP contribution is 2.05. The Balaban J connectivity index is 3.23. The molecule has 0 aliphatic rings. The highest BCUT2D eigenvalue weighted by molar-refractivity contribution is 4.58. The van der Waals surface area contributed by atoms with Crippen LogP contribution in [0.3, 0.4) is 0 Å². The fourth-order valence-electron chi connectivity index (χ4n) is 1.43. The molecule has 0 amide bonds. The van der Waals surface area contributed by atoms with Gasteiger partial charge in [-0.3, -0.25) is 0 Å². The van der Waals surface area contributed by atoms with Gasteiger partial charge in [0.2, 0.25) is 0 Å². The number of hydrogen-bond donors (Lipinski definition) is 1. The molecule has 0 spiro atoms. The van der Waals surface area contributed by atoms with Gasteiger partial charge >= 0.3 is 0 Å². The van der Waals surface area contributed by atoms with Gasteiger partial charge in [0.05, 0.1) is 6.10 Å². The zero-order valence-corrected chi connectivity index (χ0v) is 10.2. The molecule has 0 aromatic carbocycles. The molecule has 0 aromatic rings. The zero-order chi connectivity index (χ0) is 11.0. The van der Waals surface area contributed by atoms with Crippen LogP contribution in [0.2, 0.25) is 0 Å². The second-order valence-corrected chi connectivity index (χ2v) is 4.54. The van der Waals surface area contributed by atoms with E-state index in [1.165, 1.54) is 0 Å². The largest absolute Gasteiger partial charge is 0.393 e. The zero-order valence-electron chi connectivity index (χ0n) is 10.2. The molecular formula is C11H26N2O. The standard InChI is InChI=1S/C11H26N2O/c1-12(2)9-5-7-11(14)8-6-10-13(3)4/h11,14H,5-10H2,1-4H3. The van der Waals surface area contributed by atoms with Crippen molar-refractivity contribution >= 4 is 0 Å². The van der Waals surface area contributed by atoms with Gasteiger partial charge in [0, 0.05) is 0 Å². The van der Waals surface area contributed by atoms with E-state index in [1.54, 1.807) is 0 Å². The van der Waals surface area contributed by atoms with E-state index < -0.39 is 0 Å². The van der Waals surface area contributed by atoms with E-state index >= 15 is 0 Å². The van der Waals surface area contributed by atoms with Gasteiger partial charge < -0.3 is 14.9 Å². The van der Waals surface area contributed by atoms with Crippen molar-refractivity contribution in [1.29, 1.82) is 0 Å². The van der Waals surface area contributed by atoms with Crippen LogP contribution in [-0.4, -0.2) is 62.3 Å². The van der Waals surface area contributed by atoms with Crippen LogP contribution in [0, 0.1) is 0 Å². The third-order valence-electron chi connectivity index (χ3n) is 2.29. The van der Waals surface area contributed by atoms with Crippen LogP contribution in [0.1, 0.15) is 25.7 Å². The van der Waals surface area contributed by atoms with Crippen molar-refractivity contribution in [2.45, 2.75) is 31.8 Å². The van der Waals surface area contributed by atoms with E-state index in [9.17, 15) is 5.11 Å². The first-order valence-corrected chi connectivity index (χ1v) is 5.50. The summed E-state index contributed by atoms with van der Waals surface area (Å²) in [5, 5.41) is 9.64. The molecule has 0 aliphatic carbocycles. The van der Waals surface area contributed by atoms with Gasteiger partial charge in [-0.2, -0.15) is 0 Å². The summed E-state index contributed by atoms with van der Waals surface area (Å²) >= 11 is 0. The smallest absolute Gasteiger partial charge is 0.0541 e. The first-order chi connectivity index (χ1) is 6.52. The van der Waals surface area contributed by atoms with E-state index in [0.29, 0.717) is 0 Å². The van der Waals surface area contributed by atoms with Crippen LogP contribution in [0.15, 0.2) is 0 Å². The molecule has 0 atom stereocenters. The Labute approximate surface area is 88.7 Å². The fourth-order valence-corrected chi connectivity index (χ4v) is 1.43. The second kappa shape index (κ2) is 8.21. The third kappa shape index (κ3) is 9.96. The SMILES string of the molecule is CN(C)CCCC(O)CCCN(C)C. The predicted molar refractivity (Wildman–Crippen MR) is 61.6 cm³/mol. The fraction of sp³-hybridized carbons (Fsp3) is 1.00. The van der Waals surface area contributed by atoms with Crippen molar-refractivity contribution in [3.8, 4) is 0 Å².